The van der Waals surface area contributed by atoms with Gasteiger partial charge < -0.3 is 9.67 Å². The normalized spacial score (nSPS) is 13.0. The molecule has 4 rings (SSSR count). The van der Waals surface area contributed by atoms with Crippen LogP contribution in [0.5, 0.6) is 0 Å². The quantitative estimate of drug-likeness (QED) is 0.786. The van der Waals surface area contributed by atoms with Crippen molar-refractivity contribution in [1.29, 1.82) is 0 Å². The van der Waals surface area contributed by atoms with Crippen LogP contribution in [0, 0.1) is 0 Å². The number of aliphatic hydroxyl groups is 1. The number of fused-ring (bicyclic) bond motifs is 3. The van der Waals surface area contributed by atoms with Gasteiger partial charge in [0.25, 0.3) is 0 Å². The lowest BCUT2D eigenvalue weighted by molar-refractivity contribution is 0.277. The van der Waals surface area contributed by atoms with Crippen LogP contribution in [0.15, 0.2) is 59.7 Å². The van der Waals surface area contributed by atoms with Gasteiger partial charge >= 0.3 is 0 Å². The van der Waals surface area contributed by atoms with E-state index in [-0.39, 0.29) is 6.61 Å². The molecular weight excluding hydrogens is 310 g/mol. The minimum absolute atomic E-state index is 0.0851. The van der Waals surface area contributed by atoms with Crippen molar-refractivity contribution in [2.75, 3.05) is 0 Å². The van der Waals surface area contributed by atoms with E-state index in [1.54, 1.807) is 0 Å². The highest BCUT2D eigenvalue weighted by atomic mass is 35.5. The van der Waals surface area contributed by atoms with Crippen molar-refractivity contribution in [3.05, 3.63) is 82.4 Å². The zero-order valence-corrected chi connectivity index (χ0v) is 13.0. The third-order valence-electron chi connectivity index (χ3n) is 3.89. The zero-order valence-electron chi connectivity index (χ0n) is 12.3. The summed E-state index contributed by atoms with van der Waals surface area (Å²) in [5, 5.41) is 10.0. The highest BCUT2D eigenvalue weighted by Gasteiger charge is 2.20. The standard InChI is InChI=1S/C18H14ClN3O/c19-13-6-7-16-15(8-13)18(12-4-2-1-3-5-12)20-9-17-21-14(11-23)10-22(16)17/h1-8,10,23H,9,11H2. The van der Waals surface area contributed by atoms with Crippen LogP contribution in [0.2, 0.25) is 5.02 Å². The summed E-state index contributed by atoms with van der Waals surface area (Å²) in [5.41, 5.74) is 4.52. The second-order valence-corrected chi connectivity index (χ2v) is 5.81. The van der Waals surface area contributed by atoms with Crippen molar-refractivity contribution < 1.29 is 5.11 Å². The fourth-order valence-corrected chi connectivity index (χ4v) is 3.03. The average Bonchev–Trinajstić information content (AvgIpc) is 2.93. The third-order valence-corrected chi connectivity index (χ3v) is 4.13. The first-order valence-electron chi connectivity index (χ1n) is 7.34. The summed E-state index contributed by atoms with van der Waals surface area (Å²) >= 11 is 6.22. The van der Waals surface area contributed by atoms with Crippen molar-refractivity contribution in [2.45, 2.75) is 13.2 Å². The van der Waals surface area contributed by atoms with Gasteiger partial charge in [-0.1, -0.05) is 41.9 Å². The second-order valence-electron chi connectivity index (χ2n) is 5.37. The predicted molar refractivity (Wildman–Crippen MR) is 90.3 cm³/mol. The van der Waals surface area contributed by atoms with Gasteiger partial charge in [-0.2, -0.15) is 0 Å². The summed E-state index contributed by atoms with van der Waals surface area (Å²) in [6.07, 6.45) is 1.85. The molecule has 0 amide bonds. The lowest BCUT2D eigenvalue weighted by atomic mass is 10.0. The highest BCUT2D eigenvalue weighted by Crippen LogP contribution is 2.27. The van der Waals surface area contributed by atoms with Crippen molar-refractivity contribution in [2.24, 2.45) is 4.99 Å². The van der Waals surface area contributed by atoms with E-state index in [4.69, 9.17) is 16.6 Å². The molecule has 0 atom stereocenters. The molecule has 4 nitrogen and oxygen atoms in total. The van der Waals surface area contributed by atoms with E-state index in [9.17, 15) is 5.11 Å². The van der Waals surface area contributed by atoms with E-state index in [2.05, 4.69) is 4.98 Å². The van der Waals surface area contributed by atoms with Gasteiger partial charge in [0.15, 0.2) is 0 Å². The minimum Gasteiger partial charge on any atom is -0.390 e. The van der Waals surface area contributed by atoms with Crippen LogP contribution in [0.3, 0.4) is 0 Å². The molecule has 114 valence electrons. The highest BCUT2D eigenvalue weighted by molar-refractivity contribution is 6.31. The Morgan fingerprint density at radius 3 is 2.74 bits per heavy atom. The lowest BCUT2D eigenvalue weighted by Crippen LogP contribution is -2.06. The van der Waals surface area contributed by atoms with Crippen LogP contribution in [0.1, 0.15) is 22.6 Å². The fraction of sp³-hybridized carbons (Fsp3) is 0.111. The summed E-state index contributed by atoms with van der Waals surface area (Å²) in [6, 6.07) is 15.8. The van der Waals surface area contributed by atoms with Gasteiger partial charge in [-0.25, -0.2) is 4.98 Å². The van der Waals surface area contributed by atoms with Crippen LogP contribution in [-0.4, -0.2) is 20.4 Å². The Hall–Kier alpha value is -2.43. The fourth-order valence-electron chi connectivity index (χ4n) is 2.85. The smallest absolute Gasteiger partial charge is 0.135 e. The number of hydrogen-bond donors (Lipinski definition) is 1. The Morgan fingerprint density at radius 1 is 1.13 bits per heavy atom. The van der Waals surface area contributed by atoms with E-state index in [0.29, 0.717) is 17.3 Å². The molecule has 2 heterocycles. The van der Waals surface area contributed by atoms with Gasteiger partial charge in [-0.05, 0) is 18.2 Å². The Bertz CT molecular complexity index is 900. The molecular formula is C18H14ClN3O. The van der Waals surface area contributed by atoms with Crippen LogP contribution in [0.25, 0.3) is 5.69 Å². The number of benzene rings is 2. The van der Waals surface area contributed by atoms with Crippen LogP contribution >= 0.6 is 11.6 Å². The Labute approximate surface area is 138 Å². The molecule has 1 aliphatic heterocycles. The maximum Gasteiger partial charge on any atom is 0.135 e. The maximum atomic E-state index is 9.35. The van der Waals surface area contributed by atoms with Crippen molar-refractivity contribution in [3.63, 3.8) is 0 Å². The summed E-state index contributed by atoms with van der Waals surface area (Å²) in [7, 11) is 0. The SMILES string of the molecule is OCc1cn2c(n1)CN=C(c1ccccc1)c1cc(Cl)ccc1-2. The largest absolute Gasteiger partial charge is 0.390 e. The molecule has 23 heavy (non-hydrogen) atoms. The molecule has 1 N–H and O–H groups in total. The Kier molecular flexibility index (Phi) is 3.48. The van der Waals surface area contributed by atoms with Gasteiger partial charge in [-0.15, -0.1) is 0 Å². The molecule has 0 saturated carbocycles. The maximum absolute atomic E-state index is 9.35. The van der Waals surface area contributed by atoms with Gasteiger partial charge in [0.05, 0.1) is 30.2 Å². The van der Waals surface area contributed by atoms with E-state index in [1.165, 1.54) is 0 Å². The number of rotatable bonds is 2. The number of imidazole rings is 1. The first-order valence-corrected chi connectivity index (χ1v) is 7.72. The molecule has 2 aromatic carbocycles. The molecule has 1 aromatic heterocycles. The molecule has 0 radical (unpaired) electrons. The van der Waals surface area contributed by atoms with E-state index in [0.717, 1.165) is 28.4 Å². The summed E-state index contributed by atoms with van der Waals surface area (Å²) in [4.78, 5) is 9.21. The summed E-state index contributed by atoms with van der Waals surface area (Å²) in [5.74, 6) is 0.809. The molecule has 0 saturated heterocycles. The van der Waals surface area contributed by atoms with Crippen molar-refractivity contribution in [1.82, 2.24) is 9.55 Å². The Morgan fingerprint density at radius 2 is 1.96 bits per heavy atom. The number of hydrogen-bond acceptors (Lipinski definition) is 3. The molecule has 3 aromatic rings. The monoisotopic (exact) mass is 323 g/mol. The van der Waals surface area contributed by atoms with Gasteiger partial charge in [0.1, 0.15) is 5.82 Å². The van der Waals surface area contributed by atoms with Crippen molar-refractivity contribution >= 4 is 17.3 Å². The van der Waals surface area contributed by atoms with Crippen molar-refractivity contribution in [3.8, 4) is 5.69 Å². The minimum atomic E-state index is -0.0851. The van der Waals surface area contributed by atoms with E-state index in [1.807, 2.05) is 59.3 Å². The number of aromatic nitrogens is 2. The van der Waals surface area contributed by atoms with Crippen LogP contribution in [0.4, 0.5) is 0 Å². The first kappa shape index (κ1) is 14.2. The second kappa shape index (κ2) is 5.65. The van der Waals surface area contributed by atoms with Gasteiger partial charge in [0, 0.05) is 22.3 Å². The molecule has 0 aliphatic carbocycles. The predicted octanol–water partition coefficient (Wildman–Crippen LogP) is 3.37. The number of aliphatic imine (C=N–C) groups is 1. The molecule has 5 heteroatoms. The molecule has 1 aliphatic rings. The average molecular weight is 324 g/mol. The van der Waals surface area contributed by atoms with Gasteiger partial charge in [-0.3, -0.25) is 4.99 Å². The number of halogens is 1. The third kappa shape index (κ3) is 2.46. The number of aliphatic hydroxyl groups excluding tert-OH is 1. The summed E-state index contributed by atoms with van der Waals surface area (Å²) < 4.78 is 1.98. The lowest BCUT2D eigenvalue weighted by Gasteiger charge is -2.12. The summed E-state index contributed by atoms with van der Waals surface area (Å²) in [6.45, 7) is 0.370. The molecule has 0 bridgehead atoms. The Balaban J connectivity index is 1.96. The molecule has 0 fully saturated rings. The van der Waals surface area contributed by atoms with E-state index < -0.39 is 0 Å². The zero-order chi connectivity index (χ0) is 15.8. The van der Waals surface area contributed by atoms with Crippen LogP contribution in [-0.2, 0) is 13.2 Å². The van der Waals surface area contributed by atoms with Gasteiger partial charge in [0.2, 0.25) is 0 Å². The topological polar surface area (TPSA) is 50.4 Å². The molecule has 0 unspecified atom stereocenters. The molecule has 0 spiro atoms. The van der Waals surface area contributed by atoms with Crippen LogP contribution < -0.4 is 0 Å². The number of nitrogens with zero attached hydrogens (tertiary/aromatic N) is 3. The first-order chi connectivity index (χ1) is 11.3. The van der Waals surface area contributed by atoms with E-state index >= 15 is 0 Å².